The van der Waals surface area contributed by atoms with Crippen LogP contribution in [0.15, 0.2) is 59.4 Å². The van der Waals surface area contributed by atoms with Crippen LogP contribution in [-0.2, 0) is 6.54 Å². The fourth-order valence-corrected chi connectivity index (χ4v) is 5.47. The summed E-state index contributed by atoms with van der Waals surface area (Å²) in [7, 11) is 2.14. The molecule has 1 fully saturated rings. The van der Waals surface area contributed by atoms with E-state index < -0.39 is 11.6 Å². The molecule has 1 unspecified atom stereocenters. The van der Waals surface area contributed by atoms with Crippen molar-refractivity contribution in [3.05, 3.63) is 82.1 Å². The number of hydrogen-bond acceptors (Lipinski definition) is 6. The van der Waals surface area contributed by atoms with Gasteiger partial charge in [0.05, 0.1) is 16.9 Å². The van der Waals surface area contributed by atoms with Gasteiger partial charge < -0.3 is 15.1 Å². The van der Waals surface area contributed by atoms with Gasteiger partial charge in [0.15, 0.2) is 0 Å². The Balaban J connectivity index is 1.43. The smallest absolute Gasteiger partial charge is 0.271 e. The van der Waals surface area contributed by atoms with Crippen LogP contribution in [0.5, 0.6) is 0 Å². The summed E-state index contributed by atoms with van der Waals surface area (Å²) in [5.74, 6) is -0.328. The van der Waals surface area contributed by atoms with E-state index in [4.69, 9.17) is 10.2 Å². The van der Waals surface area contributed by atoms with Crippen molar-refractivity contribution in [3.63, 3.8) is 0 Å². The summed E-state index contributed by atoms with van der Waals surface area (Å²) in [6.45, 7) is 8.39. The first kappa shape index (κ1) is 25.4. The molecule has 4 aromatic rings. The third kappa shape index (κ3) is 4.97. The van der Waals surface area contributed by atoms with Crippen LogP contribution in [0.25, 0.3) is 28.2 Å². The molecule has 2 aromatic carbocycles. The number of piperazine rings is 1. The zero-order valence-corrected chi connectivity index (χ0v) is 22.1. The Labute approximate surface area is 225 Å². The van der Waals surface area contributed by atoms with Gasteiger partial charge in [0.25, 0.3) is 5.56 Å². The van der Waals surface area contributed by atoms with E-state index in [0.717, 1.165) is 50.9 Å². The highest BCUT2D eigenvalue weighted by atomic mass is 19.1. The molecule has 10 heteroatoms. The quantitative estimate of drug-likeness (QED) is 0.424. The van der Waals surface area contributed by atoms with Crippen LogP contribution < -0.4 is 10.9 Å². The van der Waals surface area contributed by atoms with Crippen LogP contribution >= 0.6 is 0 Å². The minimum absolute atomic E-state index is 0.182. The van der Waals surface area contributed by atoms with E-state index in [0.29, 0.717) is 40.9 Å². The third-order valence-corrected chi connectivity index (χ3v) is 7.64. The standard InChI is InChI=1S/C29H31F2N7O/c1-19-5-3-4-6-25(19)38-26(39)10-9-24(33-38)27-28(22-8-7-21(30)15-23(22)31)34-37-18-20(16-32-29(27)37)17-36-13-11-35(2)12-14-36/h3-10,15,20,32H,11-14,16-18H2,1-2H3. The predicted molar refractivity (Wildman–Crippen MR) is 147 cm³/mol. The number of halogens is 2. The Morgan fingerprint density at radius 3 is 2.56 bits per heavy atom. The van der Waals surface area contributed by atoms with E-state index in [-0.39, 0.29) is 11.1 Å². The van der Waals surface area contributed by atoms with Gasteiger partial charge in [-0.1, -0.05) is 18.2 Å². The number of aryl methyl sites for hydroxylation is 1. The lowest BCUT2D eigenvalue weighted by Crippen LogP contribution is -2.47. The molecule has 2 aliphatic heterocycles. The molecule has 1 N–H and O–H groups in total. The molecule has 2 aliphatic rings. The Kier molecular flexibility index (Phi) is 6.74. The van der Waals surface area contributed by atoms with Crippen molar-refractivity contribution in [1.82, 2.24) is 29.4 Å². The molecule has 39 heavy (non-hydrogen) atoms. The molecule has 202 valence electrons. The van der Waals surface area contributed by atoms with E-state index in [1.807, 2.05) is 35.9 Å². The molecule has 0 radical (unpaired) electrons. The number of hydrogen-bond donors (Lipinski definition) is 1. The van der Waals surface area contributed by atoms with Gasteiger partial charge in [-0.3, -0.25) is 4.79 Å². The first-order valence-corrected chi connectivity index (χ1v) is 13.2. The van der Waals surface area contributed by atoms with Crippen molar-refractivity contribution >= 4 is 5.82 Å². The SMILES string of the molecule is Cc1ccccc1-n1nc(-c2c(-c3ccc(F)cc3F)nn3c2NCC(CN2CCN(C)CC2)C3)ccc1=O. The minimum Gasteiger partial charge on any atom is -0.369 e. The van der Waals surface area contributed by atoms with Gasteiger partial charge in [0.2, 0.25) is 0 Å². The summed E-state index contributed by atoms with van der Waals surface area (Å²) in [5.41, 5.74) is 2.89. The Morgan fingerprint density at radius 1 is 1.00 bits per heavy atom. The first-order chi connectivity index (χ1) is 18.9. The molecule has 0 aliphatic carbocycles. The number of nitrogens with one attached hydrogen (secondary N) is 1. The normalized spacial score (nSPS) is 18.1. The molecular weight excluding hydrogens is 500 g/mol. The Morgan fingerprint density at radius 2 is 1.79 bits per heavy atom. The average molecular weight is 532 g/mol. The van der Waals surface area contributed by atoms with Crippen LogP contribution in [0.4, 0.5) is 14.6 Å². The lowest BCUT2D eigenvalue weighted by Gasteiger charge is -2.36. The average Bonchev–Trinajstić information content (AvgIpc) is 3.29. The summed E-state index contributed by atoms with van der Waals surface area (Å²) < 4.78 is 32.1. The molecule has 0 saturated carbocycles. The van der Waals surface area contributed by atoms with E-state index >= 15 is 4.39 Å². The van der Waals surface area contributed by atoms with E-state index in [1.165, 1.54) is 22.9 Å². The molecule has 0 amide bonds. The summed E-state index contributed by atoms with van der Waals surface area (Å²) in [4.78, 5) is 17.6. The second kappa shape index (κ2) is 10.3. The van der Waals surface area contributed by atoms with Crippen LogP contribution in [-0.4, -0.2) is 75.7 Å². The lowest BCUT2D eigenvalue weighted by atomic mass is 10.0. The number of rotatable bonds is 5. The fourth-order valence-electron chi connectivity index (χ4n) is 5.47. The number of aromatic nitrogens is 4. The molecule has 0 bridgehead atoms. The zero-order chi connectivity index (χ0) is 27.1. The monoisotopic (exact) mass is 531 g/mol. The minimum atomic E-state index is -0.701. The molecule has 8 nitrogen and oxygen atoms in total. The van der Waals surface area contributed by atoms with Crippen LogP contribution in [0.3, 0.4) is 0 Å². The molecule has 1 saturated heterocycles. The van der Waals surface area contributed by atoms with Crippen molar-refractivity contribution in [2.45, 2.75) is 13.5 Å². The van der Waals surface area contributed by atoms with Crippen molar-refractivity contribution in [2.75, 3.05) is 51.6 Å². The number of fused-ring (bicyclic) bond motifs is 1. The van der Waals surface area contributed by atoms with Crippen LogP contribution in [0, 0.1) is 24.5 Å². The Hall–Kier alpha value is -3.89. The van der Waals surface area contributed by atoms with Crippen molar-refractivity contribution in [3.8, 4) is 28.2 Å². The highest BCUT2D eigenvalue weighted by Gasteiger charge is 2.30. The van der Waals surface area contributed by atoms with Gasteiger partial charge in [-0.15, -0.1) is 0 Å². The second-order valence-electron chi connectivity index (χ2n) is 10.5. The summed E-state index contributed by atoms with van der Waals surface area (Å²) in [6.07, 6.45) is 0. The molecule has 6 rings (SSSR count). The largest absolute Gasteiger partial charge is 0.369 e. The lowest BCUT2D eigenvalue weighted by molar-refractivity contribution is 0.131. The number of benzene rings is 2. The number of anilines is 1. The zero-order valence-electron chi connectivity index (χ0n) is 22.1. The van der Waals surface area contributed by atoms with Crippen molar-refractivity contribution in [1.29, 1.82) is 0 Å². The van der Waals surface area contributed by atoms with Crippen molar-refractivity contribution < 1.29 is 8.78 Å². The molecule has 4 heterocycles. The highest BCUT2D eigenvalue weighted by molar-refractivity contribution is 5.87. The van der Waals surface area contributed by atoms with Gasteiger partial charge in [-0.05, 0) is 43.8 Å². The van der Waals surface area contributed by atoms with E-state index in [9.17, 15) is 9.18 Å². The molecule has 0 spiro atoms. The van der Waals surface area contributed by atoms with Gasteiger partial charge in [0, 0.05) is 69.4 Å². The number of para-hydroxylation sites is 1. The Bertz CT molecular complexity index is 1570. The van der Waals surface area contributed by atoms with Gasteiger partial charge in [-0.2, -0.15) is 14.9 Å². The fraction of sp³-hybridized carbons (Fsp3) is 0.345. The number of likely N-dealkylation sites (N-methyl/N-ethyl adjacent to an activating group) is 1. The maximum atomic E-state index is 15.1. The molecule has 2 aromatic heterocycles. The van der Waals surface area contributed by atoms with Crippen LogP contribution in [0.1, 0.15) is 5.56 Å². The second-order valence-corrected chi connectivity index (χ2v) is 10.5. The maximum absolute atomic E-state index is 15.1. The molecular formula is C29H31F2N7O. The summed E-state index contributed by atoms with van der Waals surface area (Å²) in [5, 5.41) is 13.1. The number of nitrogens with zero attached hydrogens (tertiary/aromatic N) is 6. The summed E-state index contributed by atoms with van der Waals surface area (Å²) >= 11 is 0. The van der Waals surface area contributed by atoms with E-state index in [1.54, 1.807) is 6.07 Å². The highest BCUT2D eigenvalue weighted by Crippen LogP contribution is 2.39. The van der Waals surface area contributed by atoms with Crippen molar-refractivity contribution in [2.24, 2.45) is 5.92 Å². The van der Waals surface area contributed by atoms with E-state index in [2.05, 4.69) is 22.2 Å². The van der Waals surface area contributed by atoms with Gasteiger partial charge in [-0.25, -0.2) is 13.5 Å². The third-order valence-electron chi connectivity index (χ3n) is 7.64. The van der Waals surface area contributed by atoms with Gasteiger partial charge in [0.1, 0.15) is 23.1 Å². The summed E-state index contributed by atoms with van der Waals surface area (Å²) in [6, 6.07) is 14.1. The topological polar surface area (TPSA) is 71.2 Å². The van der Waals surface area contributed by atoms with Gasteiger partial charge >= 0.3 is 0 Å². The first-order valence-electron chi connectivity index (χ1n) is 13.2. The maximum Gasteiger partial charge on any atom is 0.271 e. The molecule has 1 atom stereocenters. The predicted octanol–water partition coefficient (Wildman–Crippen LogP) is 3.64. The van der Waals surface area contributed by atoms with Crippen LogP contribution in [0.2, 0.25) is 0 Å².